The molecule has 0 radical (unpaired) electrons. The molecule has 4 heterocycles. The number of aromatic nitrogens is 4. The number of piperidine rings is 2. The molecule has 4 fully saturated rings. The van der Waals surface area contributed by atoms with Crippen molar-refractivity contribution >= 4 is 35.8 Å². The van der Waals surface area contributed by atoms with Crippen LogP contribution in [0.3, 0.4) is 0 Å². The van der Waals surface area contributed by atoms with Gasteiger partial charge in [-0.2, -0.15) is 0 Å². The van der Waals surface area contributed by atoms with Crippen LogP contribution in [0.25, 0.3) is 0 Å². The van der Waals surface area contributed by atoms with E-state index in [0.717, 1.165) is 79.6 Å². The molecule has 19 heteroatoms. The van der Waals surface area contributed by atoms with Gasteiger partial charge in [0, 0.05) is 88.7 Å². The molecule has 2 aromatic carbocycles. The second-order valence-corrected chi connectivity index (χ2v) is 21.4. The summed E-state index contributed by atoms with van der Waals surface area (Å²) in [4.78, 5) is 97.2. The molecule has 2 aliphatic carbocycles. The van der Waals surface area contributed by atoms with E-state index >= 15 is 0 Å². The highest BCUT2D eigenvalue weighted by molar-refractivity contribution is 5.89. The third-order valence-corrected chi connectivity index (χ3v) is 16.6. The van der Waals surface area contributed by atoms with E-state index in [1.165, 1.54) is 12.8 Å². The molecule has 78 heavy (non-hydrogen) atoms. The number of imidazole rings is 2. The number of urea groups is 2. The lowest BCUT2D eigenvalue weighted by Crippen LogP contribution is -2.56. The van der Waals surface area contributed by atoms with Crippen LogP contribution in [0.15, 0.2) is 79.6 Å². The molecule has 424 valence electrons. The monoisotopic (exact) mass is 1080 g/mol. The summed E-state index contributed by atoms with van der Waals surface area (Å²) < 4.78 is 16.4. The Balaban J connectivity index is 0.000000226. The van der Waals surface area contributed by atoms with Crippen molar-refractivity contribution in [2.75, 3.05) is 59.6 Å². The fourth-order valence-corrected chi connectivity index (χ4v) is 12.2. The number of H-pyrrole nitrogens is 2. The fourth-order valence-electron chi connectivity index (χ4n) is 12.2. The number of nitrogens with zero attached hydrogens (tertiary/aromatic N) is 4. The summed E-state index contributed by atoms with van der Waals surface area (Å²) in [7, 11) is 1.61. The van der Waals surface area contributed by atoms with Gasteiger partial charge < -0.3 is 55.2 Å². The first-order chi connectivity index (χ1) is 38.0. The number of ether oxygens (including phenoxy) is 3. The summed E-state index contributed by atoms with van der Waals surface area (Å²) in [5.74, 6) is 0.871. The van der Waals surface area contributed by atoms with Gasteiger partial charge in [-0.05, 0) is 100 Å². The van der Waals surface area contributed by atoms with Crippen LogP contribution < -0.4 is 26.0 Å². The van der Waals surface area contributed by atoms with Crippen molar-refractivity contribution in [1.29, 1.82) is 0 Å². The molecule has 2 saturated heterocycles. The zero-order valence-electron chi connectivity index (χ0n) is 46.2. The number of esters is 2. The largest absolute Gasteiger partial charge is 0.497 e. The normalized spacial score (nSPS) is 18.2. The van der Waals surface area contributed by atoms with Crippen LogP contribution in [0.4, 0.5) is 9.59 Å². The smallest absolute Gasteiger partial charge is 0.315 e. The minimum Gasteiger partial charge on any atom is -0.497 e. The molecule has 2 aliphatic heterocycles. The molecule has 4 aromatic rings. The SMILES string of the molecule is CCOC(=O)C1(C2CCCCC2)CCN(C(=O)C(Cc2ccc(OC)cc2)NC(=O)NCCc2cnc[nH]2)CC1.CCOC(=O)C1(C2CCCCC2)CCN(C(=O)C(Cc2ccccc2)NC(=O)NCCc2cnc[nH]2)CC1. The molecule has 4 aliphatic rings. The molecule has 19 nitrogen and oxygen atoms in total. The number of carbonyl (C=O) groups excluding carboxylic acids is 6. The Morgan fingerprint density at radius 3 is 1.37 bits per heavy atom. The zero-order valence-corrected chi connectivity index (χ0v) is 46.2. The summed E-state index contributed by atoms with van der Waals surface area (Å²) >= 11 is 0. The second kappa shape index (κ2) is 29.7. The van der Waals surface area contributed by atoms with E-state index in [0.29, 0.717) is 116 Å². The molecule has 2 aromatic heterocycles. The van der Waals surface area contributed by atoms with Crippen LogP contribution >= 0.6 is 0 Å². The molecular formula is C59H84N10O9. The molecule has 6 amide bonds. The van der Waals surface area contributed by atoms with Crippen LogP contribution in [0.5, 0.6) is 5.75 Å². The van der Waals surface area contributed by atoms with E-state index in [4.69, 9.17) is 14.2 Å². The number of benzene rings is 2. The first kappa shape index (κ1) is 58.8. The van der Waals surface area contributed by atoms with E-state index in [9.17, 15) is 28.8 Å². The lowest BCUT2D eigenvalue weighted by molar-refractivity contribution is -0.166. The number of likely N-dealkylation sites (tertiary alicyclic amines) is 2. The first-order valence-electron chi connectivity index (χ1n) is 28.6. The van der Waals surface area contributed by atoms with Gasteiger partial charge in [-0.3, -0.25) is 19.2 Å². The topological polar surface area (TPSA) is 242 Å². The quantitative estimate of drug-likeness (QED) is 0.0455. The number of rotatable bonds is 21. The maximum Gasteiger partial charge on any atom is 0.315 e. The number of methoxy groups -OCH3 is 1. The van der Waals surface area contributed by atoms with Gasteiger partial charge in [0.05, 0.1) is 43.8 Å². The molecule has 2 atom stereocenters. The van der Waals surface area contributed by atoms with Gasteiger partial charge in [-0.15, -0.1) is 0 Å². The van der Waals surface area contributed by atoms with Gasteiger partial charge in [-0.25, -0.2) is 19.6 Å². The number of amides is 6. The zero-order chi connectivity index (χ0) is 55.2. The Morgan fingerprint density at radius 1 is 0.590 bits per heavy atom. The fraction of sp³-hybridized carbons (Fsp3) is 0.593. The van der Waals surface area contributed by atoms with Crippen LogP contribution in [-0.4, -0.2) is 137 Å². The van der Waals surface area contributed by atoms with Crippen LogP contribution in [0, 0.1) is 22.7 Å². The van der Waals surface area contributed by atoms with E-state index in [-0.39, 0.29) is 29.8 Å². The van der Waals surface area contributed by atoms with Crippen LogP contribution in [0.1, 0.15) is 126 Å². The lowest BCUT2D eigenvalue weighted by Gasteiger charge is -2.46. The molecule has 0 bridgehead atoms. The van der Waals surface area contributed by atoms with Crippen molar-refractivity contribution < 1.29 is 43.0 Å². The van der Waals surface area contributed by atoms with E-state index in [2.05, 4.69) is 41.2 Å². The maximum absolute atomic E-state index is 13.8. The third-order valence-electron chi connectivity index (χ3n) is 16.6. The van der Waals surface area contributed by atoms with E-state index in [1.54, 1.807) is 37.1 Å². The molecule has 8 rings (SSSR count). The van der Waals surface area contributed by atoms with Crippen LogP contribution in [0.2, 0.25) is 0 Å². The molecule has 2 saturated carbocycles. The Labute approximate surface area is 459 Å². The first-order valence-corrected chi connectivity index (χ1v) is 28.6. The highest BCUT2D eigenvalue weighted by atomic mass is 16.5. The molecule has 0 spiro atoms. The average Bonchev–Trinajstić information content (AvgIpc) is 4.29. The minimum atomic E-state index is -0.745. The second-order valence-electron chi connectivity index (χ2n) is 21.4. The molecule has 6 N–H and O–H groups in total. The number of nitrogens with one attached hydrogen (secondary N) is 6. The maximum atomic E-state index is 13.8. The Morgan fingerprint density at radius 2 is 1.00 bits per heavy atom. The lowest BCUT2D eigenvalue weighted by atomic mass is 9.63. The summed E-state index contributed by atoms with van der Waals surface area (Å²) in [6.45, 7) is 7.18. The summed E-state index contributed by atoms with van der Waals surface area (Å²) in [6.07, 6.45) is 22.2. The average molecular weight is 1080 g/mol. The highest BCUT2D eigenvalue weighted by Crippen LogP contribution is 2.48. The van der Waals surface area contributed by atoms with E-state index in [1.807, 2.05) is 73.3 Å². The third kappa shape index (κ3) is 16.1. The number of hydrogen-bond donors (Lipinski definition) is 6. The molecular weight excluding hydrogens is 993 g/mol. The summed E-state index contributed by atoms with van der Waals surface area (Å²) in [6, 6.07) is 15.0. The van der Waals surface area contributed by atoms with Crippen molar-refractivity contribution in [3.05, 3.63) is 102 Å². The van der Waals surface area contributed by atoms with E-state index < -0.39 is 28.9 Å². The predicted molar refractivity (Wildman–Crippen MR) is 295 cm³/mol. The minimum absolute atomic E-state index is 0.102. The van der Waals surface area contributed by atoms with Crippen molar-refractivity contribution in [1.82, 2.24) is 51.0 Å². The van der Waals surface area contributed by atoms with Gasteiger partial charge in [-0.1, -0.05) is 81.0 Å². The van der Waals surface area contributed by atoms with Crippen molar-refractivity contribution in [2.45, 2.75) is 142 Å². The van der Waals surface area contributed by atoms with Gasteiger partial charge >= 0.3 is 24.0 Å². The predicted octanol–water partition coefficient (Wildman–Crippen LogP) is 7.24. The van der Waals surface area contributed by atoms with Gasteiger partial charge in [0.25, 0.3) is 0 Å². The summed E-state index contributed by atoms with van der Waals surface area (Å²) in [5.41, 5.74) is 2.69. The van der Waals surface area contributed by atoms with Crippen molar-refractivity contribution in [3.63, 3.8) is 0 Å². The van der Waals surface area contributed by atoms with Gasteiger partial charge in [0.2, 0.25) is 11.8 Å². The van der Waals surface area contributed by atoms with Crippen molar-refractivity contribution in [2.24, 2.45) is 22.7 Å². The number of carbonyl (C=O) groups is 6. The standard InChI is InChI=1S/C30H43N5O5.C29H41N5O4/c1-3-40-28(37)30(23-7-5-4-6-8-23)14-17-35(18-15-30)27(36)26(19-22-9-11-25(39-2)12-10-22)34-29(38)32-16-13-24-20-31-21-33-24;1-2-38-27(36)29(23-11-7-4-8-12-23)14-17-34(18-15-29)26(35)25(19-22-9-5-3-6-10-22)33-28(37)31-16-13-24-20-30-21-32-24/h9-12,20-21,23,26H,3-8,13-19H2,1-2H3,(H,31,33)(H2,32,34,38);3,5-6,9-10,20-21,23,25H,2,4,7-8,11-19H2,1H3,(H,30,32)(H2,31,33,37). The van der Waals surface area contributed by atoms with Gasteiger partial charge in [0.1, 0.15) is 17.8 Å². The number of aromatic amines is 2. The Kier molecular flexibility index (Phi) is 22.4. The summed E-state index contributed by atoms with van der Waals surface area (Å²) in [5, 5.41) is 11.5. The molecule has 2 unspecified atom stereocenters. The Bertz CT molecular complexity index is 2460. The number of hydrogen-bond acceptors (Lipinski definition) is 11. The Hall–Kier alpha value is -6.92. The van der Waals surface area contributed by atoms with Crippen LogP contribution in [-0.2, 0) is 54.3 Å². The highest BCUT2D eigenvalue weighted by Gasteiger charge is 2.51. The van der Waals surface area contributed by atoms with Gasteiger partial charge in [0.15, 0.2) is 0 Å². The van der Waals surface area contributed by atoms with Crippen molar-refractivity contribution in [3.8, 4) is 5.75 Å².